The van der Waals surface area contributed by atoms with E-state index < -0.39 is 0 Å². The second-order valence-corrected chi connectivity index (χ2v) is 9.45. The van der Waals surface area contributed by atoms with Gasteiger partial charge < -0.3 is 23.7 Å². The van der Waals surface area contributed by atoms with Crippen LogP contribution >= 0.6 is 23.2 Å². The largest absolute Gasteiger partial charge is 0.493 e. The number of hydrogen-bond acceptors (Lipinski definition) is 5. The number of hydrogen-bond donors (Lipinski definition) is 0. The van der Waals surface area contributed by atoms with E-state index in [1.807, 2.05) is 12.1 Å². The Morgan fingerprint density at radius 2 is 1.37 bits per heavy atom. The van der Waals surface area contributed by atoms with Crippen LogP contribution in [0.5, 0.6) is 11.5 Å². The van der Waals surface area contributed by atoms with E-state index in [4.69, 9.17) is 46.9 Å². The first-order valence-electron chi connectivity index (χ1n) is 13.3. The maximum Gasteiger partial charge on any atom is 0.180 e. The molecule has 0 aromatic heterocycles. The Kier molecular flexibility index (Phi) is 19.4. The molecule has 7 heteroatoms. The molecular formula is C28H46Cl2O5. The first-order chi connectivity index (χ1) is 17.0. The van der Waals surface area contributed by atoms with Crippen molar-refractivity contribution in [2.75, 3.05) is 39.6 Å². The lowest BCUT2D eigenvalue weighted by atomic mass is 10.0. The second kappa shape index (κ2) is 21.1. The Morgan fingerprint density at radius 1 is 0.771 bits per heavy atom. The molecule has 0 saturated heterocycles. The van der Waals surface area contributed by atoms with Crippen molar-refractivity contribution in [2.24, 2.45) is 0 Å². The van der Waals surface area contributed by atoms with Gasteiger partial charge in [-0.1, -0.05) is 63.7 Å². The topological polar surface area (TPSA) is 46.2 Å². The minimum Gasteiger partial charge on any atom is -0.493 e. The highest BCUT2D eigenvalue weighted by molar-refractivity contribution is 6.55. The van der Waals surface area contributed by atoms with Crippen LogP contribution in [0.2, 0.25) is 0 Å². The van der Waals surface area contributed by atoms with Gasteiger partial charge in [-0.05, 0) is 74.3 Å². The summed E-state index contributed by atoms with van der Waals surface area (Å²) in [7, 11) is 0. The zero-order chi connectivity index (χ0) is 25.7. The molecule has 0 fully saturated rings. The van der Waals surface area contributed by atoms with Gasteiger partial charge in [0.25, 0.3) is 0 Å². The first kappa shape index (κ1) is 32.0. The van der Waals surface area contributed by atoms with Crippen LogP contribution in [0.4, 0.5) is 0 Å². The van der Waals surface area contributed by atoms with E-state index in [1.165, 1.54) is 0 Å². The Labute approximate surface area is 223 Å². The van der Waals surface area contributed by atoms with Gasteiger partial charge in [0, 0.05) is 19.8 Å². The molecule has 1 rings (SSSR count). The van der Waals surface area contributed by atoms with E-state index in [2.05, 4.69) is 27.7 Å². The molecular weight excluding hydrogens is 487 g/mol. The van der Waals surface area contributed by atoms with Gasteiger partial charge in [0.15, 0.2) is 6.29 Å². The Hall–Kier alpha value is -0.980. The standard InChI is InChI=1S/C28H46Cl2O5/c1-5-9-16-33-27(34-17-10-6-2)22-31-15-12-11-13-18-35-28-23(7-3)20-25(21-24(28)8-4)32-19-14-26(29)30/h14,20-21,27H,5-13,15-19,22H2,1-4H3. The third-order valence-electron chi connectivity index (χ3n) is 5.50. The molecule has 0 spiro atoms. The van der Waals surface area contributed by atoms with Gasteiger partial charge in [0.05, 0.1) is 13.2 Å². The van der Waals surface area contributed by atoms with Crippen molar-refractivity contribution in [1.29, 1.82) is 0 Å². The molecule has 0 aliphatic carbocycles. The predicted molar refractivity (Wildman–Crippen MR) is 146 cm³/mol. The monoisotopic (exact) mass is 532 g/mol. The molecule has 5 nitrogen and oxygen atoms in total. The minimum absolute atomic E-state index is 0.210. The summed E-state index contributed by atoms with van der Waals surface area (Å²) in [4.78, 5) is 0. The number of halogens is 2. The van der Waals surface area contributed by atoms with E-state index in [0.29, 0.717) is 26.4 Å². The van der Waals surface area contributed by atoms with Crippen LogP contribution in [-0.4, -0.2) is 45.9 Å². The first-order valence-corrected chi connectivity index (χ1v) is 14.0. The van der Waals surface area contributed by atoms with Crippen LogP contribution < -0.4 is 9.47 Å². The molecule has 0 heterocycles. The van der Waals surface area contributed by atoms with Gasteiger partial charge >= 0.3 is 0 Å². The maximum atomic E-state index is 6.21. The Balaban J connectivity index is 2.37. The van der Waals surface area contributed by atoms with Gasteiger partial charge in [0.2, 0.25) is 0 Å². The van der Waals surface area contributed by atoms with E-state index in [0.717, 1.165) is 93.6 Å². The van der Waals surface area contributed by atoms with Gasteiger partial charge in [-0.2, -0.15) is 0 Å². The highest BCUT2D eigenvalue weighted by Crippen LogP contribution is 2.31. The lowest BCUT2D eigenvalue weighted by Gasteiger charge is -2.19. The fourth-order valence-corrected chi connectivity index (χ4v) is 3.54. The summed E-state index contributed by atoms with van der Waals surface area (Å²) < 4.78 is 29.7. The Morgan fingerprint density at radius 3 is 1.91 bits per heavy atom. The van der Waals surface area contributed by atoms with Crippen molar-refractivity contribution in [2.45, 2.75) is 91.8 Å². The molecule has 0 amide bonds. The van der Waals surface area contributed by atoms with Crippen molar-refractivity contribution in [1.82, 2.24) is 0 Å². The van der Waals surface area contributed by atoms with Crippen LogP contribution in [0.3, 0.4) is 0 Å². The van der Waals surface area contributed by atoms with Crippen LogP contribution in [0, 0.1) is 0 Å². The molecule has 0 bridgehead atoms. The summed E-state index contributed by atoms with van der Waals surface area (Å²) in [5.74, 6) is 1.80. The molecule has 1 aromatic carbocycles. The molecule has 0 atom stereocenters. The fraction of sp³-hybridized carbons (Fsp3) is 0.714. The molecule has 0 N–H and O–H groups in total. The van der Waals surface area contributed by atoms with Crippen molar-refractivity contribution in [3.63, 3.8) is 0 Å². The maximum absolute atomic E-state index is 6.21. The zero-order valence-corrected chi connectivity index (χ0v) is 23.7. The van der Waals surface area contributed by atoms with E-state index in [1.54, 1.807) is 6.08 Å². The number of ether oxygens (including phenoxy) is 5. The van der Waals surface area contributed by atoms with Crippen LogP contribution in [-0.2, 0) is 27.1 Å². The lowest BCUT2D eigenvalue weighted by molar-refractivity contribution is -0.173. The van der Waals surface area contributed by atoms with Crippen molar-refractivity contribution >= 4 is 23.2 Å². The lowest BCUT2D eigenvalue weighted by Crippen LogP contribution is -2.25. The van der Waals surface area contributed by atoms with Crippen LogP contribution in [0.15, 0.2) is 22.7 Å². The van der Waals surface area contributed by atoms with Gasteiger partial charge in [-0.15, -0.1) is 0 Å². The summed E-state index contributed by atoms with van der Waals surface area (Å²) in [5, 5.41) is 0. The molecule has 0 aliphatic rings. The summed E-state index contributed by atoms with van der Waals surface area (Å²) in [5.41, 5.74) is 2.31. The van der Waals surface area contributed by atoms with Crippen LogP contribution in [0.25, 0.3) is 0 Å². The molecule has 0 radical (unpaired) electrons. The second-order valence-electron chi connectivity index (χ2n) is 8.44. The van der Waals surface area contributed by atoms with E-state index in [-0.39, 0.29) is 10.8 Å². The molecule has 0 unspecified atom stereocenters. The third-order valence-corrected chi connectivity index (χ3v) is 5.81. The van der Waals surface area contributed by atoms with E-state index >= 15 is 0 Å². The fourth-order valence-electron chi connectivity index (χ4n) is 3.42. The normalized spacial score (nSPS) is 11.2. The molecule has 0 aliphatic heterocycles. The van der Waals surface area contributed by atoms with Gasteiger partial charge in [-0.3, -0.25) is 0 Å². The summed E-state index contributed by atoms with van der Waals surface area (Å²) in [6.07, 6.45) is 10.5. The average molecular weight is 534 g/mol. The van der Waals surface area contributed by atoms with Gasteiger partial charge in [0.1, 0.15) is 22.6 Å². The molecule has 202 valence electrons. The number of rotatable bonds is 22. The summed E-state index contributed by atoms with van der Waals surface area (Å²) >= 11 is 11.3. The summed E-state index contributed by atoms with van der Waals surface area (Å²) in [6.45, 7) is 12.2. The van der Waals surface area contributed by atoms with E-state index in [9.17, 15) is 0 Å². The van der Waals surface area contributed by atoms with Gasteiger partial charge in [-0.25, -0.2) is 0 Å². The number of aryl methyl sites for hydroxylation is 2. The smallest absolute Gasteiger partial charge is 0.180 e. The number of benzene rings is 1. The SMILES string of the molecule is CCCCOC(COCCCCCOc1c(CC)cc(OCC=C(Cl)Cl)cc1CC)OCCCC. The number of unbranched alkanes of at least 4 members (excludes halogenated alkanes) is 4. The molecule has 35 heavy (non-hydrogen) atoms. The zero-order valence-electron chi connectivity index (χ0n) is 22.2. The predicted octanol–water partition coefficient (Wildman–Crippen LogP) is 8.03. The summed E-state index contributed by atoms with van der Waals surface area (Å²) in [6, 6.07) is 4.08. The van der Waals surface area contributed by atoms with Crippen molar-refractivity contribution < 1.29 is 23.7 Å². The molecule has 1 aromatic rings. The van der Waals surface area contributed by atoms with Crippen molar-refractivity contribution in [3.8, 4) is 11.5 Å². The quantitative estimate of drug-likeness (QED) is 0.112. The molecule has 0 saturated carbocycles. The average Bonchev–Trinajstić information content (AvgIpc) is 2.85. The third kappa shape index (κ3) is 15.0. The highest BCUT2D eigenvalue weighted by atomic mass is 35.5. The van der Waals surface area contributed by atoms with Crippen LogP contribution in [0.1, 0.15) is 83.8 Å². The highest BCUT2D eigenvalue weighted by Gasteiger charge is 2.12. The van der Waals surface area contributed by atoms with Crippen molar-refractivity contribution in [3.05, 3.63) is 33.8 Å². The minimum atomic E-state index is -0.258. The Bertz CT molecular complexity index is 657.